The van der Waals surface area contributed by atoms with Crippen molar-refractivity contribution >= 4 is 6.09 Å². The molecule has 4 fully saturated rings. The summed E-state index contributed by atoms with van der Waals surface area (Å²) in [6.07, 6.45) is -0.564. The van der Waals surface area contributed by atoms with Gasteiger partial charge < -0.3 is 24.4 Å². The zero-order chi connectivity index (χ0) is 32.1. The molecule has 240 valence electrons. The molecule has 1 N–H and O–H groups in total. The number of ether oxygens (including phenoxy) is 3. The number of rotatable bonds is 2. The van der Waals surface area contributed by atoms with Gasteiger partial charge in [-0.3, -0.25) is 9.80 Å². The fourth-order valence-corrected chi connectivity index (χ4v) is 6.04. The molecule has 2 aromatic carbocycles. The van der Waals surface area contributed by atoms with Gasteiger partial charge in [0, 0.05) is 58.4 Å². The predicted octanol–water partition coefficient (Wildman–Crippen LogP) is 3.73. The lowest BCUT2D eigenvalue weighted by Crippen LogP contribution is -2.60. The van der Waals surface area contributed by atoms with Crippen LogP contribution in [0, 0.1) is 34.3 Å². The summed E-state index contributed by atoms with van der Waals surface area (Å²) in [7, 11) is 0. The van der Waals surface area contributed by atoms with Crippen molar-refractivity contribution in [1.29, 1.82) is 10.5 Å². The fraction of sp³-hybridized carbons (Fsp3) is 0.545. The van der Waals surface area contributed by atoms with E-state index in [9.17, 15) is 13.6 Å². The molecule has 0 spiro atoms. The molecular weight excluding hydrogens is 582 g/mol. The lowest BCUT2D eigenvalue weighted by Gasteiger charge is -2.46. The van der Waals surface area contributed by atoms with Crippen LogP contribution >= 0.6 is 0 Å². The van der Waals surface area contributed by atoms with Crippen LogP contribution in [0.5, 0.6) is 0 Å². The molecule has 0 saturated carbocycles. The molecule has 4 saturated heterocycles. The first-order chi connectivity index (χ1) is 21.5. The van der Waals surface area contributed by atoms with Gasteiger partial charge in [-0.2, -0.15) is 10.5 Å². The number of carbonyl (C=O) groups is 1. The molecule has 0 bridgehead atoms. The van der Waals surface area contributed by atoms with Crippen molar-refractivity contribution in [3.8, 4) is 12.1 Å². The van der Waals surface area contributed by atoms with E-state index in [0.717, 1.165) is 43.9 Å². The van der Waals surface area contributed by atoms with Crippen molar-refractivity contribution in [3.63, 3.8) is 0 Å². The first-order valence-corrected chi connectivity index (χ1v) is 15.3. The van der Waals surface area contributed by atoms with E-state index in [1.807, 2.05) is 32.9 Å². The topological polar surface area (TPSA) is 114 Å². The summed E-state index contributed by atoms with van der Waals surface area (Å²) in [5.41, 5.74) is 1.29. The normalized spacial score (nSPS) is 25.4. The van der Waals surface area contributed by atoms with Crippen molar-refractivity contribution < 1.29 is 27.8 Å². The van der Waals surface area contributed by atoms with E-state index in [2.05, 4.69) is 15.1 Å². The molecule has 45 heavy (non-hydrogen) atoms. The Morgan fingerprint density at radius 1 is 0.867 bits per heavy atom. The molecule has 12 heteroatoms. The quantitative estimate of drug-likeness (QED) is 0.535. The van der Waals surface area contributed by atoms with Crippen molar-refractivity contribution in [2.75, 3.05) is 65.6 Å². The van der Waals surface area contributed by atoms with Crippen molar-refractivity contribution in [1.82, 2.24) is 20.0 Å². The van der Waals surface area contributed by atoms with Gasteiger partial charge in [-0.05, 0) is 56.2 Å². The van der Waals surface area contributed by atoms with E-state index < -0.39 is 17.2 Å². The molecule has 1 amide bonds. The van der Waals surface area contributed by atoms with Crippen LogP contribution in [-0.2, 0) is 14.2 Å². The van der Waals surface area contributed by atoms with Gasteiger partial charge in [0.1, 0.15) is 29.4 Å². The van der Waals surface area contributed by atoms with Crippen LogP contribution in [0.25, 0.3) is 0 Å². The lowest BCUT2D eigenvalue weighted by atomic mass is 10.0. The molecule has 0 aliphatic carbocycles. The van der Waals surface area contributed by atoms with Crippen LogP contribution in [-0.4, -0.2) is 104 Å². The lowest BCUT2D eigenvalue weighted by molar-refractivity contribution is -0.0906. The first-order valence-electron chi connectivity index (χ1n) is 15.3. The van der Waals surface area contributed by atoms with E-state index in [1.54, 1.807) is 29.2 Å². The summed E-state index contributed by atoms with van der Waals surface area (Å²) in [5.74, 6) is -0.988. The van der Waals surface area contributed by atoms with Crippen molar-refractivity contribution in [2.45, 2.75) is 50.7 Å². The SMILES string of the molecule is CC(C)(C)OC(=O)N1CCN2CC(c3ccc(F)c(C#N)c3)OC[C@@H]2C1.N#Cc1cc(C2CN3CCNC[C@H]3CO2)ccc1F. The summed E-state index contributed by atoms with van der Waals surface area (Å²) < 4.78 is 44.1. The number of halogens is 2. The second-order valence-electron chi connectivity index (χ2n) is 12.8. The van der Waals surface area contributed by atoms with Crippen LogP contribution in [0.15, 0.2) is 36.4 Å². The van der Waals surface area contributed by atoms with Gasteiger partial charge >= 0.3 is 6.09 Å². The Balaban J connectivity index is 0.000000186. The third-order valence-electron chi connectivity index (χ3n) is 8.47. The van der Waals surface area contributed by atoms with Gasteiger partial charge in [0.05, 0.1) is 42.6 Å². The van der Waals surface area contributed by atoms with Gasteiger partial charge in [-0.15, -0.1) is 0 Å². The number of hydrogen-bond donors (Lipinski definition) is 1. The second kappa shape index (κ2) is 14.2. The Kier molecular flexibility index (Phi) is 10.3. The predicted molar refractivity (Wildman–Crippen MR) is 161 cm³/mol. The minimum Gasteiger partial charge on any atom is -0.444 e. The van der Waals surface area contributed by atoms with E-state index in [4.69, 9.17) is 24.7 Å². The number of benzene rings is 2. The summed E-state index contributed by atoms with van der Waals surface area (Å²) >= 11 is 0. The number of fused-ring (bicyclic) bond motifs is 2. The number of amides is 1. The highest BCUT2D eigenvalue weighted by Gasteiger charge is 2.37. The number of morpholine rings is 2. The molecule has 4 atom stereocenters. The zero-order valence-corrected chi connectivity index (χ0v) is 26.0. The standard InChI is InChI=1S/C19H24FN3O3.C14H16FN3O/c1-19(2,3)26-18(24)23-7-6-22-11-17(25-12-15(22)10-23)13-4-5-16(20)14(8-13)9-21;15-13-2-1-10(5-11(13)6-16)14-8-18-4-3-17-7-12(18)9-19-14/h4-5,8,15,17H,6-7,10-12H2,1-3H3;1-2,5,12,14,17H,3-4,7-9H2/t15-,17?;12-,14?/m00/s1. The van der Waals surface area contributed by atoms with E-state index in [0.29, 0.717) is 38.9 Å². The fourth-order valence-electron chi connectivity index (χ4n) is 6.04. The van der Waals surface area contributed by atoms with Gasteiger partial charge in [-0.1, -0.05) is 12.1 Å². The van der Waals surface area contributed by atoms with Gasteiger partial charge in [-0.25, -0.2) is 13.6 Å². The first kappa shape index (κ1) is 32.7. The summed E-state index contributed by atoms with van der Waals surface area (Å²) in [5, 5.41) is 21.2. The molecule has 0 aromatic heterocycles. The molecule has 6 rings (SSSR count). The molecular formula is C33H40F2N6O4. The summed E-state index contributed by atoms with van der Waals surface area (Å²) in [6, 6.07) is 13.5. The maximum absolute atomic E-state index is 13.5. The second-order valence-corrected chi connectivity index (χ2v) is 12.8. The van der Waals surface area contributed by atoms with Crippen LogP contribution in [0.4, 0.5) is 13.6 Å². The number of nitrogens with zero attached hydrogens (tertiary/aromatic N) is 5. The summed E-state index contributed by atoms with van der Waals surface area (Å²) in [6.45, 7) is 13.0. The highest BCUT2D eigenvalue weighted by molar-refractivity contribution is 5.68. The van der Waals surface area contributed by atoms with Crippen molar-refractivity contribution in [2.24, 2.45) is 0 Å². The Morgan fingerprint density at radius 3 is 1.98 bits per heavy atom. The van der Waals surface area contributed by atoms with Gasteiger partial charge in [0.2, 0.25) is 0 Å². The van der Waals surface area contributed by atoms with Crippen LogP contribution in [0.3, 0.4) is 0 Å². The minimum absolute atomic E-state index is 0.0305. The maximum atomic E-state index is 13.5. The Labute approximate surface area is 263 Å². The van der Waals surface area contributed by atoms with Gasteiger partial charge in [0.15, 0.2) is 0 Å². The number of nitriles is 2. The molecule has 4 heterocycles. The minimum atomic E-state index is -0.518. The Hall–Kier alpha value is -3.65. The number of carbonyl (C=O) groups excluding carboxylic acids is 1. The highest BCUT2D eigenvalue weighted by Crippen LogP contribution is 2.29. The third kappa shape index (κ3) is 8.15. The molecule has 10 nitrogen and oxygen atoms in total. The zero-order valence-electron chi connectivity index (χ0n) is 26.0. The monoisotopic (exact) mass is 622 g/mol. The Bertz CT molecular complexity index is 1450. The maximum Gasteiger partial charge on any atom is 0.410 e. The largest absolute Gasteiger partial charge is 0.444 e. The van der Waals surface area contributed by atoms with Crippen LogP contribution in [0.1, 0.15) is 55.2 Å². The Morgan fingerprint density at radius 2 is 1.42 bits per heavy atom. The van der Waals surface area contributed by atoms with Crippen molar-refractivity contribution in [3.05, 3.63) is 70.3 Å². The number of hydrogen-bond acceptors (Lipinski definition) is 9. The smallest absolute Gasteiger partial charge is 0.410 e. The average molecular weight is 623 g/mol. The average Bonchev–Trinajstić information content (AvgIpc) is 3.04. The van der Waals surface area contributed by atoms with E-state index in [1.165, 1.54) is 12.1 Å². The van der Waals surface area contributed by atoms with E-state index in [-0.39, 0.29) is 35.5 Å². The van der Waals surface area contributed by atoms with E-state index >= 15 is 0 Å². The highest BCUT2D eigenvalue weighted by atomic mass is 19.1. The molecule has 2 aromatic rings. The van der Waals surface area contributed by atoms with Crippen LogP contribution < -0.4 is 5.32 Å². The van der Waals surface area contributed by atoms with Gasteiger partial charge in [0.25, 0.3) is 0 Å². The third-order valence-corrected chi connectivity index (χ3v) is 8.47. The molecule has 4 aliphatic heterocycles. The molecule has 0 radical (unpaired) electrons. The molecule has 4 aliphatic rings. The summed E-state index contributed by atoms with van der Waals surface area (Å²) in [4.78, 5) is 18.7. The number of nitrogens with one attached hydrogen (secondary N) is 1. The number of piperazine rings is 2. The van der Waals surface area contributed by atoms with Crippen LogP contribution in [0.2, 0.25) is 0 Å². The molecule has 2 unspecified atom stereocenters.